The SMILES string of the molecule is C=CCC(/C=C/c1ccc(C(F)(F)F)cc1)NOC. The highest BCUT2D eigenvalue weighted by Crippen LogP contribution is 2.29. The van der Waals surface area contributed by atoms with Crippen molar-refractivity contribution in [2.75, 3.05) is 7.11 Å². The van der Waals surface area contributed by atoms with Gasteiger partial charge in [0.05, 0.1) is 18.7 Å². The van der Waals surface area contributed by atoms with Gasteiger partial charge in [-0.2, -0.15) is 18.7 Å². The molecule has 104 valence electrons. The number of hydrogen-bond donors (Lipinski definition) is 1. The number of halogens is 3. The lowest BCUT2D eigenvalue weighted by Crippen LogP contribution is -2.25. The van der Waals surface area contributed by atoms with Crippen LogP contribution in [0.5, 0.6) is 0 Å². The van der Waals surface area contributed by atoms with Crippen molar-refractivity contribution in [3.05, 3.63) is 54.1 Å². The van der Waals surface area contributed by atoms with Gasteiger partial charge in [0.25, 0.3) is 0 Å². The fourth-order valence-electron chi connectivity index (χ4n) is 1.51. The van der Waals surface area contributed by atoms with Crippen molar-refractivity contribution in [3.8, 4) is 0 Å². The normalized spacial score (nSPS) is 13.7. The minimum atomic E-state index is -4.30. The molecule has 0 saturated heterocycles. The zero-order valence-corrected chi connectivity index (χ0v) is 10.6. The molecule has 0 aliphatic rings. The van der Waals surface area contributed by atoms with E-state index < -0.39 is 11.7 Å². The minimum Gasteiger partial charge on any atom is -0.305 e. The molecule has 1 aromatic rings. The second-order valence-electron chi connectivity index (χ2n) is 3.93. The first-order valence-electron chi connectivity index (χ1n) is 5.72. The predicted molar refractivity (Wildman–Crippen MR) is 69.2 cm³/mol. The van der Waals surface area contributed by atoms with Crippen LogP contribution in [0.2, 0.25) is 0 Å². The molecule has 19 heavy (non-hydrogen) atoms. The van der Waals surface area contributed by atoms with Crippen LogP contribution in [0.3, 0.4) is 0 Å². The standard InChI is InChI=1S/C14H16F3NO/c1-3-4-13(18-19-2)10-7-11-5-8-12(9-6-11)14(15,16)17/h3,5-10,13,18H,1,4H2,2H3/b10-7+. The van der Waals surface area contributed by atoms with Crippen LogP contribution in [0, 0.1) is 0 Å². The molecule has 0 fully saturated rings. The van der Waals surface area contributed by atoms with E-state index in [0.717, 1.165) is 12.1 Å². The van der Waals surface area contributed by atoms with Gasteiger partial charge in [-0.15, -0.1) is 6.58 Å². The summed E-state index contributed by atoms with van der Waals surface area (Å²) in [6, 6.07) is 4.91. The van der Waals surface area contributed by atoms with E-state index in [1.165, 1.54) is 19.2 Å². The molecular weight excluding hydrogens is 255 g/mol. The van der Waals surface area contributed by atoms with Crippen LogP contribution < -0.4 is 5.48 Å². The average molecular weight is 271 g/mol. The first kappa shape index (κ1) is 15.5. The number of rotatable bonds is 6. The van der Waals surface area contributed by atoms with E-state index in [-0.39, 0.29) is 6.04 Å². The van der Waals surface area contributed by atoms with Crippen molar-refractivity contribution in [2.24, 2.45) is 0 Å². The van der Waals surface area contributed by atoms with Gasteiger partial charge in [-0.25, -0.2) is 0 Å². The molecule has 1 N–H and O–H groups in total. The fourth-order valence-corrected chi connectivity index (χ4v) is 1.51. The van der Waals surface area contributed by atoms with Crippen molar-refractivity contribution in [1.82, 2.24) is 5.48 Å². The highest BCUT2D eigenvalue weighted by Gasteiger charge is 2.29. The number of benzene rings is 1. The topological polar surface area (TPSA) is 21.3 Å². The van der Waals surface area contributed by atoms with Gasteiger partial charge in [0.2, 0.25) is 0 Å². The molecule has 2 nitrogen and oxygen atoms in total. The van der Waals surface area contributed by atoms with Crippen molar-refractivity contribution in [2.45, 2.75) is 18.6 Å². The van der Waals surface area contributed by atoms with Crippen molar-refractivity contribution in [3.63, 3.8) is 0 Å². The van der Waals surface area contributed by atoms with E-state index in [2.05, 4.69) is 12.1 Å². The molecule has 0 bridgehead atoms. The van der Waals surface area contributed by atoms with Gasteiger partial charge in [0.1, 0.15) is 0 Å². The second-order valence-corrected chi connectivity index (χ2v) is 3.93. The summed E-state index contributed by atoms with van der Waals surface area (Å²) >= 11 is 0. The Labute approximate surface area is 110 Å². The summed E-state index contributed by atoms with van der Waals surface area (Å²) in [5.74, 6) is 0. The third-order valence-electron chi connectivity index (χ3n) is 2.45. The number of alkyl halides is 3. The Morgan fingerprint density at radius 2 is 1.95 bits per heavy atom. The number of hydroxylamine groups is 1. The Kier molecular flexibility index (Phi) is 5.79. The molecule has 0 radical (unpaired) electrons. The summed E-state index contributed by atoms with van der Waals surface area (Å²) in [5.41, 5.74) is 2.80. The quantitative estimate of drug-likeness (QED) is 0.627. The van der Waals surface area contributed by atoms with Gasteiger partial charge in [0.15, 0.2) is 0 Å². The lowest BCUT2D eigenvalue weighted by molar-refractivity contribution is -0.137. The maximum Gasteiger partial charge on any atom is 0.416 e. The van der Waals surface area contributed by atoms with Crippen molar-refractivity contribution < 1.29 is 18.0 Å². The smallest absolute Gasteiger partial charge is 0.305 e. The average Bonchev–Trinajstić information content (AvgIpc) is 2.36. The van der Waals surface area contributed by atoms with E-state index in [9.17, 15) is 13.2 Å². The first-order chi connectivity index (χ1) is 8.97. The molecule has 0 saturated carbocycles. The highest BCUT2D eigenvalue weighted by molar-refractivity contribution is 5.50. The van der Waals surface area contributed by atoms with Gasteiger partial charge < -0.3 is 4.84 Å². The van der Waals surface area contributed by atoms with Crippen LogP contribution in [0.1, 0.15) is 17.5 Å². The highest BCUT2D eigenvalue weighted by atomic mass is 19.4. The molecule has 0 spiro atoms. The van der Waals surface area contributed by atoms with Crippen LogP contribution in [0.15, 0.2) is 43.0 Å². The lowest BCUT2D eigenvalue weighted by atomic mass is 10.1. The number of nitrogens with one attached hydrogen (secondary N) is 1. The van der Waals surface area contributed by atoms with Crippen LogP contribution >= 0.6 is 0 Å². The molecule has 0 aromatic heterocycles. The van der Waals surface area contributed by atoms with E-state index in [0.29, 0.717) is 12.0 Å². The summed E-state index contributed by atoms with van der Waals surface area (Å²) in [5, 5.41) is 0. The van der Waals surface area contributed by atoms with E-state index in [4.69, 9.17) is 4.84 Å². The molecule has 1 aromatic carbocycles. The van der Waals surface area contributed by atoms with Crippen LogP contribution in [-0.2, 0) is 11.0 Å². The summed E-state index contributed by atoms with van der Waals surface area (Å²) in [6.45, 7) is 3.62. The van der Waals surface area contributed by atoms with Crippen LogP contribution in [0.25, 0.3) is 6.08 Å². The molecule has 0 amide bonds. The van der Waals surface area contributed by atoms with E-state index in [1.807, 2.05) is 6.08 Å². The monoisotopic (exact) mass is 271 g/mol. The molecule has 1 atom stereocenters. The maximum absolute atomic E-state index is 12.4. The molecule has 1 rings (SSSR count). The third-order valence-corrected chi connectivity index (χ3v) is 2.45. The van der Waals surface area contributed by atoms with Gasteiger partial charge in [-0.3, -0.25) is 0 Å². The van der Waals surface area contributed by atoms with Crippen LogP contribution in [-0.4, -0.2) is 13.2 Å². The Bertz CT molecular complexity index is 423. The third kappa shape index (κ3) is 5.28. The zero-order valence-electron chi connectivity index (χ0n) is 10.6. The maximum atomic E-state index is 12.4. The van der Waals surface area contributed by atoms with Crippen LogP contribution in [0.4, 0.5) is 13.2 Å². The summed E-state index contributed by atoms with van der Waals surface area (Å²) < 4.78 is 37.1. The van der Waals surface area contributed by atoms with E-state index in [1.54, 1.807) is 12.2 Å². The molecule has 5 heteroatoms. The fraction of sp³-hybridized carbons (Fsp3) is 0.286. The van der Waals surface area contributed by atoms with Crippen molar-refractivity contribution >= 4 is 6.08 Å². The molecular formula is C14H16F3NO. The lowest BCUT2D eigenvalue weighted by Gasteiger charge is -2.10. The van der Waals surface area contributed by atoms with Gasteiger partial charge >= 0.3 is 6.18 Å². The number of hydrogen-bond acceptors (Lipinski definition) is 2. The Balaban J connectivity index is 2.73. The van der Waals surface area contributed by atoms with Gasteiger partial charge in [-0.1, -0.05) is 30.4 Å². The predicted octanol–water partition coefficient (Wildman–Crippen LogP) is 3.81. The van der Waals surface area contributed by atoms with Gasteiger partial charge in [0, 0.05) is 0 Å². The Morgan fingerprint density at radius 3 is 2.42 bits per heavy atom. The van der Waals surface area contributed by atoms with E-state index >= 15 is 0 Å². The largest absolute Gasteiger partial charge is 0.416 e. The molecule has 0 aliphatic heterocycles. The van der Waals surface area contributed by atoms with Gasteiger partial charge in [-0.05, 0) is 24.1 Å². The minimum absolute atomic E-state index is 0.0650. The molecule has 0 heterocycles. The molecule has 1 unspecified atom stereocenters. The van der Waals surface area contributed by atoms with Crippen molar-refractivity contribution in [1.29, 1.82) is 0 Å². The second kappa shape index (κ2) is 7.11. The Hall–Kier alpha value is -1.59. The first-order valence-corrected chi connectivity index (χ1v) is 5.72. The molecule has 0 aliphatic carbocycles. The Morgan fingerprint density at radius 1 is 1.32 bits per heavy atom. The summed E-state index contributed by atoms with van der Waals surface area (Å²) in [6.07, 6.45) is 1.64. The summed E-state index contributed by atoms with van der Waals surface area (Å²) in [4.78, 5) is 4.81. The summed E-state index contributed by atoms with van der Waals surface area (Å²) in [7, 11) is 1.50. The zero-order chi connectivity index (χ0) is 14.3.